The number of piperazine rings is 1. The molecule has 2 unspecified atom stereocenters. The Kier molecular flexibility index (Phi) is 2.67. The van der Waals surface area contributed by atoms with E-state index in [1.807, 2.05) is 6.92 Å². The van der Waals surface area contributed by atoms with Gasteiger partial charge in [0.15, 0.2) is 0 Å². The van der Waals surface area contributed by atoms with Gasteiger partial charge in [-0.1, -0.05) is 6.42 Å². The Morgan fingerprint density at radius 3 is 2.60 bits per heavy atom. The van der Waals surface area contributed by atoms with Crippen LogP contribution in [-0.4, -0.2) is 35.3 Å². The summed E-state index contributed by atoms with van der Waals surface area (Å²) in [5.74, 6) is 0.629. The van der Waals surface area contributed by atoms with Gasteiger partial charge in [-0.25, -0.2) is 0 Å². The Bertz CT molecular complexity index is 286. The lowest BCUT2D eigenvalue weighted by Gasteiger charge is -2.43. The second kappa shape index (κ2) is 3.83. The van der Waals surface area contributed by atoms with Crippen LogP contribution in [0.2, 0.25) is 0 Å². The van der Waals surface area contributed by atoms with E-state index in [4.69, 9.17) is 0 Å². The Morgan fingerprint density at radius 2 is 2.07 bits per heavy atom. The molecule has 1 N–H and O–H groups in total. The van der Waals surface area contributed by atoms with Gasteiger partial charge >= 0.3 is 0 Å². The molecule has 15 heavy (non-hydrogen) atoms. The van der Waals surface area contributed by atoms with Crippen LogP contribution in [0.5, 0.6) is 0 Å². The highest BCUT2D eigenvalue weighted by Gasteiger charge is 2.38. The zero-order valence-electron chi connectivity index (χ0n) is 9.32. The maximum absolute atomic E-state index is 11.7. The highest BCUT2D eigenvalue weighted by molar-refractivity contribution is 5.94. The van der Waals surface area contributed by atoms with Crippen molar-refractivity contribution in [1.29, 1.82) is 0 Å². The van der Waals surface area contributed by atoms with Crippen LogP contribution in [0.15, 0.2) is 0 Å². The number of hydrogen-bond acceptors (Lipinski definition) is 2. The molecule has 1 saturated carbocycles. The summed E-state index contributed by atoms with van der Waals surface area (Å²) < 4.78 is 0. The van der Waals surface area contributed by atoms with Crippen molar-refractivity contribution in [3.63, 3.8) is 0 Å². The van der Waals surface area contributed by atoms with Gasteiger partial charge in [0.2, 0.25) is 11.8 Å². The van der Waals surface area contributed by atoms with Gasteiger partial charge < -0.3 is 10.2 Å². The fourth-order valence-electron chi connectivity index (χ4n) is 2.47. The summed E-state index contributed by atoms with van der Waals surface area (Å²) in [5.41, 5.74) is 0. The molecule has 1 aliphatic heterocycles. The zero-order valence-corrected chi connectivity index (χ0v) is 9.32. The van der Waals surface area contributed by atoms with Crippen molar-refractivity contribution in [3.8, 4) is 0 Å². The fraction of sp³-hybridized carbons (Fsp3) is 0.818. The molecule has 84 valence electrons. The van der Waals surface area contributed by atoms with E-state index in [9.17, 15) is 9.59 Å². The number of nitrogens with zero attached hydrogens (tertiary/aromatic N) is 1. The monoisotopic (exact) mass is 210 g/mol. The molecule has 2 fully saturated rings. The lowest BCUT2D eigenvalue weighted by molar-refractivity contribution is -0.149. The molecule has 2 aliphatic rings. The largest absolute Gasteiger partial charge is 0.345 e. The average Bonchev–Trinajstić information content (AvgIpc) is 2.09. The Balaban J connectivity index is 2.09. The molecule has 0 radical (unpaired) electrons. The molecule has 0 aromatic heterocycles. The Labute approximate surface area is 90.0 Å². The lowest BCUT2D eigenvalue weighted by Crippen LogP contribution is -2.61. The van der Waals surface area contributed by atoms with Crippen molar-refractivity contribution >= 4 is 11.8 Å². The van der Waals surface area contributed by atoms with Gasteiger partial charge in [-0.05, 0) is 32.6 Å². The summed E-state index contributed by atoms with van der Waals surface area (Å²) in [4.78, 5) is 25.0. The molecule has 2 rings (SSSR count). The van der Waals surface area contributed by atoms with E-state index in [-0.39, 0.29) is 30.4 Å². The molecule has 4 nitrogen and oxygen atoms in total. The van der Waals surface area contributed by atoms with Gasteiger partial charge in [-0.2, -0.15) is 0 Å². The summed E-state index contributed by atoms with van der Waals surface area (Å²) >= 11 is 0. The molecular weight excluding hydrogens is 192 g/mol. The second-order valence-corrected chi connectivity index (χ2v) is 4.63. The summed E-state index contributed by atoms with van der Waals surface area (Å²) in [6.07, 6.45) is 3.65. The van der Waals surface area contributed by atoms with Crippen molar-refractivity contribution in [3.05, 3.63) is 0 Å². The summed E-state index contributed by atoms with van der Waals surface area (Å²) in [7, 11) is 0. The van der Waals surface area contributed by atoms with Crippen LogP contribution in [0, 0.1) is 5.92 Å². The van der Waals surface area contributed by atoms with Crippen LogP contribution in [0.4, 0.5) is 0 Å². The first-order valence-corrected chi connectivity index (χ1v) is 5.70. The minimum atomic E-state index is -0.304. The maximum atomic E-state index is 11.7. The third-order valence-corrected chi connectivity index (χ3v) is 3.77. The normalized spacial score (nSPS) is 29.7. The molecule has 2 amide bonds. The summed E-state index contributed by atoms with van der Waals surface area (Å²) in [6.45, 7) is 4.04. The summed E-state index contributed by atoms with van der Waals surface area (Å²) in [5, 5.41) is 2.61. The SMILES string of the molecule is CC1C(=O)NCC(=O)N1C(C)C1CCC1. The van der Waals surface area contributed by atoms with Gasteiger partial charge in [-0.15, -0.1) is 0 Å². The number of amides is 2. The third-order valence-electron chi connectivity index (χ3n) is 3.77. The first kappa shape index (κ1) is 10.5. The van der Waals surface area contributed by atoms with Crippen LogP contribution >= 0.6 is 0 Å². The Morgan fingerprint density at radius 1 is 1.40 bits per heavy atom. The van der Waals surface area contributed by atoms with Crippen molar-refractivity contribution in [1.82, 2.24) is 10.2 Å². The first-order valence-electron chi connectivity index (χ1n) is 5.70. The number of hydrogen-bond donors (Lipinski definition) is 1. The lowest BCUT2D eigenvalue weighted by atomic mass is 9.79. The predicted octanol–water partition coefficient (Wildman–Crippen LogP) is 0.522. The van der Waals surface area contributed by atoms with E-state index in [1.54, 1.807) is 4.90 Å². The van der Waals surface area contributed by atoms with Crippen LogP contribution in [0.3, 0.4) is 0 Å². The topological polar surface area (TPSA) is 49.4 Å². The molecule has 1 aliphatic carbocycles. The molecule has 1 heterocycles. The van der Waals surface area contributed by atoms with Gasteiger partial charge in [0.25, 0.3) is 0 Å². The van der Waals surface area contributed by atoms with Crippen LogP contribution in [-0.2, 0) is 9.59 Å². The molecule has 0 spiro atoms. The van der Waals surface area contributed by atoms with Crippen molar-refractivity contribution in [2.75, 3.05) is 6.54 Å². The third kappa shape index (κ3) is 1.73. The number of nitrogens with one attached hydrogen (secondary N) is 1. The van der Waals surface area contributed by atoms with Gasteiger partial charge in [-0.3, -0.25) is 9.59 Å². The van der Waals surface area contributed by atoms with Crippen LogP contribution < -0.4 is 5.32 Å². The van der Waals surface area contributed by atoms with Crippen LogP contribution in [0.25, 0.3) is 0 Å². The minimum Gasteiger partial charge on any atom is -0.345 e. The standard InChI is InChI=1S/C11H18N2O2/c1-7(9-4-3-5-9)13-8(2)11(15)12-6-10(13)14/h7-9H,3-6H2,1-2H3,(H,12,15). The average molecular weight is 210 g/mol. The highest BCUT2D eigenvalue weighted by Crippen LogP contribution is 2.33. The van der Waals surface area contributed by atoms with Gasteiger partial charge in [0, 0.05) is 6.04 Å². The molecular formula is C11H18N2O2. The van der Waals surface area contributed by atoms with Gasteiger partial charge in [0.1, 0.15) is 6.04 Å². The smallest absolute Gasteiger partial charge is 0.242 e. The predicted molar refractivity (Wildman–Crippen MR) is 56.1 cm³/mol. The van der Waals surface area contributed by atoms with E-state index in [2.05, 4.69) is 12.2 Å². The molecule has 4 heteroatoms. The van der Waals surface area contributed by atoms with E-state index in [0.29, 0.717) is 5.92 Å². The molecule has 0 aromatic rings. The maximum Gasteiger partial charge on any atom is 0.242 e. The summed E-state index contributed by atoms with van der Waals surface area (Å²) in [6, 6.07) is -0.0888. The number of rotatable bonds is 2. The molecule has 0 aromatic carbocycles. The molecule has 0 bridgehead atoms. The van der Waals surface area contributed by atoms with E-state index < -0.39 is 0 Å². The molecule has 2 atom stereocenters. The fourth-order valence-corrected chi connectivity index (χ4v) is 2.47. The number of carbonyl (C=O) groups excluding carboxylic acids is 2. The quantitative estimate of drug-likeness (QED) is 0.722. The second-order valence-electron chi connectivity index (χ2n) is 4.63. The van der Waals surface area contributed by atoms with Crippen molar-refractivity contribution < 1.29 is 9.59 Å². The highest BCUT2D eigenvalue weighted by atomic mass is 16.2. The van der Waals surface area contributed by atoms with Crippen molar-refractivity contribution in [2.45, 2.75) is 45.2 Å². The number of carbonyl (C=O) groups is 2. The van der Waals surface area contributed by atoms with Crippen LogP contribution in [0.1, 0.15) is 33.1 Å². The molecule has 1 saturated heterocycles. The van der Waals surface area contributed by atoms with Gasteiger partial charge in [0.05, 0.1) is 6.54 Å². The van der Waals surface area contributed by atoms with E-state index in [1.165, 1.54) is 19.3 Å². The minimum absolute atomic E-state index is 0.0271. The van der Waals surface area contributed by atoms with E-state index in [0.717, 1.165) is 0 Å². The Hall–Kier alpha value is -1.06. The first-order chi connectivity index (χ1) is 7.11. The zero-order chi connectivity index (χ0) is 11.0. The van der Waals surface area contributed by atoms with E-state index >= 15 is 0 Å². The van der Waals surface area contributed by atoms with Crippen molar-refractivity contribution in [2.24, 2.45) is 5.92 Å².